The molecule has 0 unspecified atom stereocenters. The second-order valence-corrected chi connectivity index (χ2v) is 0. The van der Waals surface area contributed by atoms with Gasteiger partial charge in [-0.3, -0.25) is 0 Å². The molecule has 0 saturated carbocycles. The third kappa shape index (κ3) is 8.86. The summed E-state index contributed by atoms with van der Waals surface area (Å²) in [6.45, 7) is 0. The van der Waals surface area contributed by atoms with Crippen molar-refractivity contribution in [3.05, 3.63) is 0 Å². The summed E-state index contributed by atoms with van der Waals surface area (Å²) in [4.78, 5) is 0. The van der Waals surface area contributed by atoms with E-state index in [2.05, 4.69) is 15.4 Å². The average Bonchev–Trinajstić information content (AvgIpc) is 1.00. The quantitative estimate of drug-likeness (QED) is 0.527. The molecule has 0 aromatic rings. The van der Waals surface area contributed by atoms with E-state index in [1.54, 1.807) is 0 Å². The fourth-order valence-corrected chi connectivity index (χ4v) is 0. The van der Waals surface area contributed by atoms with Crippen LogP contribution in [0.3, 0.4) is 0 Å². The third-order valence-electron chi connectivity index (χ3n) is 0. The van der Waals surface area contributed by atoms with E-state index in [-0.39, 0.29) is 78.2 Å². The molecule has 4 heavy (non-hydrogen) atoms. The third-order valence-corrected chi connectivity index (χ3v) is 0. The Balaban J connectivity index is -0.00000000500. The van der Waals surface area contributed by atoms with Crippen LogP contribution in [0.2, 0.25) is 0 Å². The van der Waals surface area contributed by atoms with Crippen molar-refractivity contribution in [2.75, 3.05) is 0 Å². The molecule has 0 heterocycles. The minimum atomic E-state index is 0. The first-order valence-corrected chi connectivity index (χ1v) is 0.532. The average molecular weight is 391 g/mol. The Kier molecular flexibility index (Phi) is 66.6. The van der Waals surface area contributed by atoms with Crippen LogP contribution in [0.1, 0.15) is 0 Å². The molecule has 0 atom stereocenters. The molecular formula is LuNiOPr. The molecule has 0 fully saturated rings. The second kappa shape index (κ2) is 16.9. The standard InChI is InChI=1S/Lu.Ni.O.Pr. The zero-order chi connectivity index (χ0) is 2.00. The molecule has 0 spiro atoms. The second-order valence-electron chi connectivity index (χ2n) is 0. The van der Waals surface area contributed by atoms with E-state index < -0.39 is 0 Å². The molecule has 0 amide bonds. The molecule has 0 N–H and O–H groups in total. The molecular weight excluding hydrogens is 391 g/mol. The van der Waals surface area contributed by atoms with Gasteiger partial charge in [0.25, 0.3) is 0 Å². The van der Waals surface area contributed by atoms with E-state index in [1.165, 1.54) is 0 Å². The summed E-state index contributed by atoms with van der Waals surface area (Å²) < 4.78 is 7.88. The van der Waals surface area contributed by atoms with Crippen molar-refractivity contribution in [2.24, 2.45) is 0 Å². The topological polar surface area (TPSA) is 17.1 Å². The summed E-state index contributed by atoms with van der Waals surface area (Å²) in [7, 11) is 0. The number of hydrogen-bond acceptors (Lipinski definition) is 1. The molecule has 0 aliphatic rings. The van der Waals surface area contributed by atoms with Crippen molar-refractivity contribution in [3.8, 4) is 0 Å². The molecule has 1 nitrogen and oxygen atoms in total. The molecule has 0 aromatic carbocycles. The van der Waals surface area contributed by atoms with Gasteiger partial charge in [0.05, 0.1) is 0 Å². The van der Waals surface area contributed by atoms with Crippen LogP contribution in [0.25, 0.3) is 0 Å². The zero-order valence-corrected chi connectivity index (χ0v) is 7.91. The summed E-state index contributed by atoms with van der Waals surface area (Å²) in [6.07, 6.45) is 0. The fourth-order valence-electron chi connectivity index (χ4n) is 0. The molecule has 0 aliphatic heterocycles. The molecule has 34 valence electrons. The molecule has 0 saturated heterocycles. The van der Waals surface area contributed by atoms with Crippen LogP contribution < -0.4 is 0 Å². The largest absolute Gasteiger partial charge is 0 e. The van der Waals surface area contributed by atoms with E-state index in [0.717, 1.165) is 0 Å². The Bertz CT molecular complexity index is 8.00. The van der Waals surface area contributed by atoms with Crippen LogP contribution in [0.4, 0.5) is 0 Å². The zero-order valence-electron chi connectivity index (χ0n) is 1.56. The molecule has 0 aliphatic carbocycles. The smallest absolute Gasteiger partial charge is 0 e. The Morgan fingerprint density at radius 1 is 1.25 bits per heavy atom. The van der Waals surface area contributed by atoms with Crippen LogP contribution in [0.5, 0.6) is 0 Å². The monoisotopic (exact) mass is 390 g/mol. The molecule has 0 rings (SSSR count). The van der Waals surface area contributed by atoms with Gasteiger partial charge in [-0.05, 0) is 0 Å². The van der Waals surface area contributed by atoms with Crippen LogP contribution in [0.15, 0.2) is 0 Å². The summed E-state index contributed by atoms with van der Waals surface area (Å²) >= 11 is 2.62. The van der Waals surface area contributed by atoms with Gasteiger partial charge >= 0.3 is 19.3 Å². The van der Waals surface area contributed by atoms with Gasteiger partial charge in [0.1, 0.15) is 0 Å². The molecule has 0 bridgehead atoms. The summed E-state index contributed by atoms with van der Waals surface area (Å²) in [5.41, 5.74) is 0. The first kappa shape index (κ1) is 15.8. The van der Waals surface area contributed by atoms with Crippen molar-refractivity contribution in [1.82, 2.24) is 0 Å². The van der Waals surface area contributed by atoms with Crippen molar-refractivity contribution in [3.63, 3.8) is 0 Å². The Morgan fingerprint density at radius 2 is 1.25 bits per heavy atom. The summed E-state index contributed by atoms with van der Waals surface area (Å²) in [6, 6.07) is 0. The van der Waals surface area contributed by atoms with Crippen LogP contribution in [0, 0.1) is 78.2 Å². The summed E-state index contributed by atoms with van der Waals surface area (Å²) in [5, 5.41) is 0. The van der Waals surface area contributed by atoms with Crippen molar-refractivity contribution in [2.45, 2.75) is 0 Å². The summed E-state index contributed by atoms with van der Waals surface area (Å²) in [5.74, 6) is 0. The normalized spacial score (nSPS) is 1.50. The van der Waals surface area contributed by atoms with Crippen LogP contribution in [-0.2, 0) is 19.3 Å². The van der Waals surface area contributed by atoms with Gasteiger partial charge in [-0.1, -0.05) is 0 Å². The number of rotatable bonds is 0. The van der Waals surface area contributed by atoms with Crippen molar-refractivity contribution in [1.29, 1.82) is 0 Å². The van der Waals surface area contributed by atoms with E-state index in [0.29, 0.717) is 0 Å². The van der Waals surface area contributed by atoms with Gasteiger partial charge in [-0.2, -0.15) is 0 Å². The van der Waals surface area contributed by atoms with Gasteiger partial charge < -0.3 is 0 Å². The Labute approximate surface area is 95.0 Å². The molecule has 0 aromatic heterocycles. The first-order valence-electron chi connectivity index (χ1n) is 0.129. The molecule has 4 heteroatoms. The van der Waals surface area contributed by atoms with Crippen LogP contribution >= 0.6 is 0 Å². The van der Waals surface area contributed by atoms with Gasteiger partial charge in [-0.25, -0.2) is 0 Å². The SMILES string of the molecule is [Lu].[O]=[Ni].[Pr]. The number of hydrogen-bond donors (Lipinski definition) is 0. The predicted molar refractivity (Wildman–Crippen MR) is 0.686 cm³/mol. The minimum absolute atomic E-state index is 0. The van der Waals surface area contributed by atoms with Gasteiger partial charge in [0.2, 0.25) is 0 Å². The maximum atomic E-state index is 7.88. The van der Waals surface area contributed by atoms with Gasteiger partial charge in [-0.15, -0.1) is 0 Å². The van der Waals surface area contributed by atoms with E-state index >= 15 is 0 Å². The van der Waals surface area contributed by atoms with E-state index in [4.69, 9.17) is 3.90 Å². The van der Waals surface area contributed by atoms with E-state index in [1.807, 2.05) is 0 Å². The Morgan fingerprint density at radius 3 is 1.25 bits per heavy atom. The van der Waals surface area contributed by atoms with Gasteiger partial charge in [0, 0.05) is 78.2 Å². The fraction of sp³-hybridized carbons (Fsp3) is 0. The predicted octanol–water partition coefficient (Wildman–Crippen LogP) is -0.121. The van der Waals surface area contributed by atoms with E-state index in [9.17, 15) is 0 Å². The van der Waals surface area contributed by atoms with Crippen molar-refractivity contribution < 1.29 is 97.5 Å². The minimum Gasteiger partial charge on any atom is 0 e. The van der Waals surface area contributed by atoms with Crippen molar-refractivity contribution >= 4 is 0 Å². The van der Waals surface area contributed by atoms with Gasteiger partial charge in [0.15, 0.2) is 0 Å². The maximum Gasteiger partial charge on any atom is 0 e. The molecule has 2 radical (unpaired) electrons. The Hall–Kier alpha value is 2.89. The maximum absolute atomic E-state index is 7.88. The first-order chi connectivity index (χ1) is 1.00. The van der Waals surface area contributed by atoms with Crippen LogP contribution in [-0.4, -0.2) is 0 Å².